The Labute approximate surface area is 169 Å². The van der Waals surface area contributed by atoms with Crippen LogP contribution >= 0.6 is 0 Å². The highest BCUT2D eigenvalue weighted by atomic mass is 16.3. The third kappa shape index (κ3) is 5.04. The van der Waals surface area contributed by atoms with Crippen molar-refractivity contribution in [2.45, 2.75) is 26.0 Å². The number of anilines is 3. The molecule has 3 heterocycles. The van der Waals surface area contributed by atoms with Gasteiger partial charge < -0.3 is 16.2 Å². The molecule has 0 radical (unpaired) electrons. The van der Waals surface area contributed by atoms with E-state index in [2.05, 4.69) is 30.2 Å². The van der Waals surface area contributed by atoms with E-state index in [1.165, 1.54) is 0 Å². The number of nitrogens with one attached hydrogen (secondary N) is 1. The Bertz CT molecular complexity index is 966. The minimum atomic E-state index is -0.402. The van der Waals surface area contributed by atoms with Crippen LogP contribution in [0.2, 0.25) is 0 Å². The van der Waals surface area contributed by atoms with Gasteiger partial charge in [-0.05, 0) is 43.2 Å². The Kier molecular flexibility index (Phi) is 5.64. The summed E-state index contributed by atoms with van der Waals surface area (Å²) < 4.78 is 0. The SMILES string of the molecule is Cc1cccc(Nc2nc(N)nc(CN3C[C@@H](Cc4ccccn4)[C@H](O)C3)n2)c1. The Balaban J connectivity index is 1.42. The molecular weight excluding hydrogens is 366 g/mol. The zero-order valence-electron chi connectivity index (χ0n) is 16.4. The normalized spacial score (nSPS) is 19.4. The van der Waals surface area contributed by atoms with E-state index in [0.717, 1.165) is 29.9 Å². The zero-order valence-corrected chi connectivity index (χ0v) is 16.4. The van der Waals surface area contributed by atoms with E-state index in [1.807, 2.05) is 49.4 Å². The lowest BCUT2D eigenvalue weighted by atomic mass is 10.00. The number of nitrogen functional groups attached to an aromatic ring is 1. The number of nitrogens with two attached hydrogens (primary N) is 1. The first-order valence-corrected chi connectivity index (χ1v) is 9.69. The Hall–Kier alpha value is -3.10. The zero-order chi connectivity index (χ0) is 20.2. The second-order valence-electron chi connectivity index (χ2n) is 7.47. The van der Waals surface area contributed by atoms with Gasteiger partial charge in [0.1, 0.15) is 5.82 Å². The summed E-state index contributed by atoms with van der Waals surface area (Å²) in [6.45, 7) is 3.86. The van der Waals surface area contributed by atoms with Gasteiger partial charge in [0.05, 0.1) is 12.6 Å². The molecule has 150 valence electrons. The number of aliphatic hydroxyl groups excluding tert-OH is 1. The predicted molar refractivity (Wildman–Crippen MR) is 111 cm³/mol. The van der Waals surface area contributed by atoms with Gasteiger partial charge in [0, 0.05) is 36.6 Å². The molecule has 1 aliphatic heterocycles. The van der Waals surface area contributed by atoms with Crippen molar-refractivity contribution >= 4 is 17.6 Å². The number of hydrogen-bond acceptors (Lipinski definition) is 8. The molecule has 4 N–H and O–H groups in total. The second-order valence-corrected chi connectivity index (χ2v) is 7.47. The summed E-state index contributed by atoms with van der Waals surface area (Å²) in [6, 6.07) is 13.8. The van der Waals surface area contributed by atoms with Crippen LogP contribution in [0, 0.1) is 12.8 Å². The van der Waals surface area contributed by atoms with Crippen LogP contribution in [-0.4, -0.2) is 49.1 Å². The molecule has 1 aliphatic rings. The van der Waals surface area contributed by atoms with E-state index in [-0.39, 0.29) is 11.9 Å². The minimum Gasteiger partial charge on any atom is -0.391 e. The molecule has 1 aromatic carbocycles. The summed E-state index contributed by atoms with van der Waals surface area (Å²) >= 11 is 0. The molecule has 0 amide bonds. The van der Waals surface area contributed by atoms with Gasteiger partial charge in [-0.25, -0.2) is 0 Å². The minimum absolute atomic E-state index is 0.133. The molecule has 0 saturated carbocycles. The molecule has 0 unspecified atom stereocenters. The number of aromatic nitrogens is 4. The average Bonchev–Trinajstić information content (AvgIpc) is 3.01. The number of aryl methyl sites for hydroxylation is 1. The van der Waals surface area contributed by atoms with Gasteiger partial charge in [0.15, 0.2) is 0 Å². The van der Waals surface area contributed by atoms with Crippen molar-refractivity contribution in [2.75, 3.05) is 24.1 Å². The van der Waals surface area contributed by atoms with Crippen molar-refractivity contribution in [3.8, 4) is 0 Å². The number of hydrogen-bond donors (Lipinski definition) is 3. The fraction of sp³-hybridized carbons (Fsp3) is 0.333. The van der Waals surface area contributed by atoms with Crippen LogP contribution in [0.5, 0.6) is 0 Å². The molecule has 8 nitrogen and oxygen atoms in total. The van der Waals surface area contributed by atoms with Gasteiger partial charge in [0.2, 0.25) is 11.9 Å². The first kappa shape index (κ1) is 19.2. The summed E-state index contributed by atoms with van der Waals surface area (Å²) in [5.41, 5.74) is 8.93. The lowest BCUT2D eigenvalue weighted by Gasteiger charge is -2.15. The molecule has 2 aromatic heterocycles. The monoisotopic (exact) mass is 391 g/mol. The lowest BCUT2D eigenvalue weighted by Crippen LogP contribution is -2.23. The van der Waals surface area contributed by atoms with Crippen LogP contribution < -0.4 is 11.1 Å². The first-order chi connectivity index (χ1) is 14.0. The van der Waals surface area contributed by atoms with Crippen molar-refractivity contribution < 1.29 is 5.11 Å². The fourth-order valence-electron chi connectivity index (χ4n) is 3.68. The third-order valence-electron chi connectivity index (χ3n) is 5.02. The quantitative estimate of drug-likeness (QED) is 0.584. The molecule has 8 heteroatoms. The average molecular weight is 391 g/mol. The molecular formula is C21H25N7O. The smallest absolute Gasteiger partial charge is 0.232 e. The van der Waals surface area contributed by atoms with Gasteiger partial charge in [0.25, 0.3) is 0 Å². The number of pyridine rings is 1. The van der Waals surface area contributed by atoms with E-state index in [4.69, 9.17) is 5.73 Å². The maximum absolute atomic E-state index is 10.5. The number of nitrogens with zero attached hydrogens (tertiary/aromatic N) is 5. The van der Waals surface area contributed by atoms with Crippen molar-refractivity contribution in [1.29, 1.82) is 0 Å². The van der Waals surface area contributed by atoms with Crippen LogP contribution in [0.1, 0.15) is 17.1 Å². The van der Waals surface area contributed by atoms with Crippen molar-refractivity contribution in [3.05, 3.63) is 65.7 Å². The number of aliphatic hydroxyl groups is 1. The highest BCUT2D eigenvalue weighted by Crippen LogP contribution is 2.22. The van der Waals surface area contributed by atoms with Gasteiger partial charge >= 0.3 is 0 Å². The van der Waals surface area contributed by atoms with Crippen molar-refractivity contribution in [3.63, 3.8) is 0 Å². The molecule has 0 aliphatic carbocycles. The van der Waals surface area contributed by atoms with E-state index in [0.29, 0.717) is 24.9 Å². The fourth-order valence-corrected chi connectivity index (χ4v) is 3.68. The molecule has 2 atom stereocenters. The second kappa shape index (κ2) is 8.50. The van der Waals surface area contributed by atoms with Crippen LogP contribution in [0.3, 0.4) is 0 Å². The van der Waals surface area contributed by atoms with Crippen molar-refractivity contribution in [2.24, 2.45) is 5.92 Å². The molecule has 4 rings (SSSR count). The molecule has 3 aromatic rings. The topological polar surface area (TPSA) is 113 Å². The number of likely N-dealkylation sites (tertiary alicyclic amines) is 1. The maximum Gasteiger partial charge on any atom is 0.232 e. The highest BCUT2D eigenvalue weighted by Gasteiger charge is 2.32. The summed E-state index contributed by atoms with van der Waals surface area (Å²) in [5, 5.41) is 13.7. The van der Waals surface area contributed by atoms with Crippen LogP contribution in [0.4, 0.5) is 17.6 Å². The molecule has 0 bridgehead atoms. The van der Waals surface area contributed by atoms with E-state index < -0.39 is 6.10 Å². The molecule has 0 spiro atoms. The van der Waals surface area contributed by atoms with E-state index in [1.54, 1.807) is 6.20 Å². The first-order valence-electron chi connectivity index (χ1n) is 9.69. The van der Waals surface area contributed by atoms with Crippen molar-refractivity contribution in [1.82, 2.24) is 24.8 Å². The summed E-state index contributed by atoms with van der Waals surface area (Å²) in [6.07, 6.45) is 2.13. The molecule has 29 heavy (non-hydrogen) atoms. The maximum atomic E-state index is 10.5. The van der Waals surface area contributed by atoms with Crippen LogP contribution in [0.25, 0.3) is 0 Å². The van der Waals surface area contributed by atoms with E-state index in [9.17, 15) is 5.11 Å². The van der Waals surface area contributed by atoms with Gasteiger partial charge in [-0.15, -0.1) is 0 Å². The van der Waals surface area contributed by atoms with Gasteiger partial charge in [-0.2, -0.15) is 15.0 Å². The summed E-state index contributed by atoms with van der Waals surface area (Å²) in [5.74, 6) is 1.31. The summed E-state index contributed by atoms with van der Waals surface area (Å²) in [4.78, 5) is 19.5. The number of benzene rings is 1. The van der Waals surface area contributed by atoms with E-state index >= 15 is 0 Å². The largest absolute Gasteiger partial charge is 0.391 e. The summed E-state index contributed by atoms with van der Waals surface area (Å²) in [7, 11) is 0. The molecule has 1 fully saturated rings. The predicted octanol–water partition coefficient (Wildman–Crippen LogP) is 1.94. The molecule has 1 saturated heterocycles. The lowest BCUT2D eigenvalue weighted by molar-refractivity contribution is 0.140. The third-order valence-corrected chi connectivity index (χ3v) is 5.02. The van der Waals surface area contributed by atoms with Gasteiger partial charge in [-0.3, -0.25) is 9.88 Å². The Morgan fingerprint density at radius 3 is 2.83 bits per heavy atom. The van der Waals surface area contributed by atoms with Crippen LogP contribution in [0.15, 0.2) is 48.7 Å². The Morgan fingerprint density at radius 2 is 2.03 bits per heavy atom. The standard InChI is InChI=1S/C21H25N7O/c1-14-5-4-7-17(9-14)24-21-26-19(25-20(22)27-21)13-28-11-15(18(29)12-28)10-16-6-2-3-8-23-16/h2-9,15,18,29H,10-13H2,1H3,(H3,22,24,25,26,27)/t15-,18-/m1/s1. The number of β-amino-alcohol motifs (C(OH)–C–C–N with tert-alkyl or cyclic N) is 1. The van der Waals surface area contributed by atoms with Gasteiger partial charge in [-0.1, -0.05) is 18.2 Å². The Morgan fingerprint density at radius 1 is 1.14 bits per heavy atom. The highest BCUT2D eigenvalue weighted by molar-refractivity contribution is 5.54. The van der Waals surface area contributed by atoms with Crippen LogP contribution in [-0.2, 0) is 13.0 Å². The number of rotatable bonds is 6.